The first kappa shape index (κ1) is 319. The van der Waals surface area contributed by atoms with Gasteiger partial charge in [-0.3, -0.25) is 0 Å². The molecule has 0 aromatic carbocycles. The molecule has 0 aliphatic carbocycles. The summed E-state index contributed by atoms with van der Waals surface area (Å²) in [5.41, 5.74) is 0. The summed E-state index contributed by atoms with van der Waals surface area (Å²) >= 11 is 0. The molecule has 0 unspecified atom stereocenters. The standard InChI is InChI=1S/Fe.3H3N/h;3*1H3/q+3;;;. The summed E-state index contributed by atoms with van der Waals surface area (Å²) in [4.78, 5) is 0. The molecule has 4 heavy (non-hydrogen) atoms. The van der Waals surface area contributed by atoms with Crippen LogP contribution in [-0.2, 0) is 17.1 Å². The molecule has 0 aromatic rings. The molecular formula is H9FeN3+3. The molecule has 0 aromatic heterocycles. The van der Waals surface area contributed by atoms with E-state index < -0.39 is 0 Å². The molecule has 0 rings (SSSR count). The fourth-order valence-corrected chi connectivity index (χ4v) is 0. The van der Waals surface area contributed by atoms with E-state index in [4.69, 9.17) is 0 Å². The summed E-state index contributed by atoms with van der Waals surface area (Å²) in [6.45, 7) is 0. The Kier molecular flexibility index (Phi) is 9770. The Morgan fingerprint density at radius 2 is 0.500 bits per heavy atom. The van der Waals surface area contributed by atoms with E-state index in [0.717, 1.165) is 0 Å². The fraction of sp³-hybridized carbons (Fsp3) is 0. The van der Waals surface area contributed by atoms with Crippen molar-refractivity contribution in [3.8, 4) is 0 Å². The monoisotopic (exact) mass is 107 g/mol. The van der Waals surface area contributed by atoms with E-state index in [0.29, 0.717) is 0 Å². The van der Waals surface area contributed by atoms with Crippen molar-refractivity contribution in [1.82, 2.24) is 18.5 Å². The maximum Gasteiger partial charge on any atom is 3.00 e. The van der Waals surface area contributed by atoms with Gasteiger partial charge in [0.1, 0.15) is 0 Å². The molecule has 0 fully saturated rings. The summed E-state index contributed by atoms with van der Waals surface area (Å²) in [6.07, 6.45) is 0. The summed E-state index contributed by atoms with van der Waals surface area (Å²) in [5, 5.41) is 0. The Hall–Kier alpha value is 0.399. The Morgan fingerprint density at radius 1 is 0.500 bits per heavy atom. The van der Waals surface area contributed by atoms with Crippen LogP contribution in [0.1, 0.15) is 0 Å². The molecule has 1 radical (unpaired) electrons. The largest absolute Gasteiger partial charge is 3.00 e. The normalized spacial score (nSPS) is 0. The summed E-state index contributed by atoms with van der Waals surface area (Å²) in [6, 6.07) is 0. The third kappa shape index (κ3) is 29.4. The van der Waals surface area contributed by atoms with Gasteiger partial charge in [-0.15, -0.1) is 0 Å². The molecule has 0 atom stereocenters. The van der Waals surface area contributed by atoms with Crippen molar-refractivity contribution in [2.75, 3.05) is 0 Å². The second-order valence-electron chi connectivity index (χ2n) is 0. The van der Waals surface area contributed by atoms with Gasteiger partial charge in [0.25, 0.3) is 0 Å². The van der Waals surface area contributed by atoms with E-state index in [1.165, 1.54) is 0 Å². The van der Waals surface area contributed by atoms with Crippen LogP contribution in [0.4, 0.5) is 0 Å². The molecule has 0 saturated carbocycles. The van der Waals surface area contributed by atoms with Gasteiger partial charge in [0, 0.05) is 0 Å². The van der Waals surface area contributed by atoms with Gasteiger partial charge in [-0.2, -0.15) is 0 Å². The van der Waals surface area contributed by atoms with Crippen molar-refractivity contribution >= 4 is 0 Å². The SMILES string of the molecule is N.N.N.[Fe+3]. The van der Waals surface area contributed by atoms with Crippen LogP contribution in [0.5, 0.6) is 0 Å². The van der Waals surface area contributed by atoms with Crippen LogP contribution in [0, 0.1) is 0 Å². The first-order chi connectivity index (χ1) is 0. The van der Waals surface area contributed by atoms with Gasteiger partial charge in [-0.25, -0.2) is 0 Å². The van der Waals surface area contributed by atoms with Crippen LogP contribution in [0.3, 0.4) is 0 Å². The van der Waals surface area contributed by atoms with E-state index in [9.17, 15) is 0 Å². The smallest absolute Gasteiger partial charge is 0.344 e. The van der Waals surface area contributed by atoms with Crippen LogP contribution in [-0.4, -0.2) is 0 Å². The van der Waals surface area contributed by atoms with Crippen LogP contribution in [0.25, 0.3) is 0 Å². The third-order valence-electron chi connectivity index (χ3n) is 0. The van der Waals surface area contributed by atoms with E-state index >= 15 is 0 Å². The molecule has 3 nitrogen and oxygen atoms in total. The quantitative estimate of drug-likeness (QED) is 0.392. The second-order valence-corrected chi connectivity index (χ2v) is 0. The molecule has 29 valence electrons. The topological polar surface area (TPSA) is 105 Å². The Bertz CT molecular complexity index is 3.25. The molecule has 0 spiro atoms. The van der Waals surface area contributed by atoms with Crippen molar-refractivity contribution in [3.63, 3.8) is 0 Å². The van der Waals surface area contributed by atoms with Gasteiger partial charge >= 0.3 is 17.1 Å². The van der Waals surface area contributed by atoms with E-state index in [2.05, 4.69) is 0 Å². The van der Waals surface area contributed by atoms with Crippen molar-refractivity contribution < 1.29 is 17.1 Å². The van der Waals surface area contributed by atoms with Crippen LogP contribution < -0.4 is 18.5 Å². The van der Waals surface area contributed by atoms with E-state index in [1.807, 2.05) is 0 Å². The third-order valence-corrected chi connectivity index (χ3v) is 0. The average Bonchev–Trinajstić information content (AvgIpc) is 0. The second kappa shape index (κ2) is 123. The number of hydrogen-bond acceptors (Lipinski definition) is 3. The van der Waals surface area contributed by atoms with Crippen LogP contribution in [0.2, 0.25) is 0 Å². The predicted molar refractivity (Wildman–Crippen MR) is 15.1 cm³/mol. The van der Waals surface area contributed by atoms with Crippen molar-refractivity contribution in [2.45, 2.75) is 0 Å². The zero-order valence-electron chi connectivity index (χ0n) is 2.47. The molecule has 0 aliphatic heterocycles. The predicted octanol–water partition coefficient (Wildman–Crippen LogP) is 0.483. The van der Waals surface area contributed by atoms with Crippen molar-refractivity contribution in [2.24, 2.45) is 0 Å². The van der Waals surface area contributed by atoms with Crippen LogP contribution in [0.15, 0.2) is 0 Å². The summed E-state index contributed by atoms with van der Waals surface area (Å²) in [5.74, 6) is 0. The van der Waals surface area contributed by atoms with E-state index in [-0.39, 0.29) is 35.5 Å². The zero-order chi connectivity index (χ0) is 0. The fourth-order valence-electron chi connectivity index (χ4n) is 0. The van der Waals surface area contributed by atoms with Gasteiger partial charge in [0.15, 0.2) is 0 Å². The van der Waals surface area contributed by atoms with Crippen molar-refractivity contribution in [3.05, 3.63) is 0 Å². The zero-order valence-corrected chi connectivity index (χ0v) is 3.58. The maximum atomic E-state index is 0. The van der Waals surface area contributed by atoms with Gasteiger partial charge < -0.3 is 18.5 Å². The molecule has 0 saturated heterocycles. The Morgan fingerprint density at radius 3 is 0.500 bits per heavy atom. The van der Waals surface area contributed by atoms with Gasteiger partial charge in [0.2, 0.25) is 0 Å². The Labute approximate surface area is 36.4 Å². The summed E-state index contributed by atoms with van der Waals surface area (Å²) in [7, 11) is 0. The van der Waals surface area contributed by atoms with Gasteiger partial charge in [0.05, 0.1) is 0 Å². The first-order valence-electron chi connectivity index (χ1n) is 0. The minimum absolute atomic E-state index is 0. The summed E-state index contributed by atoms with van der Waals surface area (Å²) < 4.78 is 0. The maximum absolute atomic E-state index is 0. The molecule has 0 bridgehead atoms. The minimum atomic E-state index is 0. The molecular weight excluding hydrogens is 97.9 g/mol. The molecule has 0 amide bonds. The van der Waals surface area contributed by atoms with Gasteiger partial charge in [-0.05, 0) is 0 Å². The number of rotatable bonds is 0. The minimum Gasteiger partial charge on any atom is -0.344 e. The molecule has 4 heteroatoms. The average molecular weight is 107 g/mol. The number of hydrogen-bond donors (Lipinski definition) is 3. The molecule has 0 heterocycles. The van der Waals surface area contributed by atoms with E-state index in [1.54, 1.807) is 0 Å². The van der Waals surface area contributed by atoms with Gasteiger partial charge in [-0.1, -0.05) is 0 Å². The van der Waals surface area contributed by atoms with Crippen LogP contribution >= 0.6 is 0 Å². The van der Waals surface area contributed by atoms with Crippen molar-refractivity contribution in [1.29, 1.82) is 0 Å². The molecule has 9 N–H and O–H groups in total. The molecule has 0 aliphatic rings. The Balaban J connectivity index is 0. The first-order valence-corrected chi connectivity index (χ1v) is 0.